The summed E-state index contributed by atoms with van der Waals surface area (Å²) in [5.74, 6) is -3.48. The highest BCUT2D eigenvalue weighted by Gasteiger charge is 2.37. The lowest BCUT2D eigenvalue weighted by molar-refractivity contribution is -0.137. The summed E-state index contributed by atoms with van der Waals surface area (Å²) < 4.78 is 32.3. The van der Waals surface area contributed by atoms with Gasteiger partial charge < -0.3 is 19.7 Å². The van der Waals surface area contributed by atoms with Gasteiger partial charge in [0.25, 0.3) is 5.91 Å². The molecule has 1 aromatic heterocycles. The van der Waals surface area contributed by atoms with Gasteiger partial charge in [0.05, 0.1) is 17.9 Å². The summed E-state index contributed by atoms with van der Waals surface area (Å²) in [7, 11) is 0. The second-order valence-corrected chi connectivity index (χ2v) is 8.27. The van der Waals surface area contributed by atoms with E-state index in [0.29, 0.717) is 5.69 Å². The minimum atomic E-state index is -1.13. The number of amides is 1. The number of para-hydroxylation sites is 1. The van der Waals surface area contributed by atoms with Crippen molar-refractivity contribution in [1.29, 1.82) is 0 Å². The van der Waals surface area contributed by atoms with Crippen LogP contribution >= 0.6 is 0 Å². The second kappa shape index (κ2) is 8.20. The van der Waals surface area contributed by atoms with E-state index in [0.717, 1.165) is 28.6 Å². The molecule has 0 aliphatic carbocycles. The van der Waals surface area contributed by atoms with E-state index in [9.17, 15) is 18.4 Å². The Hall–Kier alpha value is -3.52. The third-order valence-electron chi connectivity index (χ3n) is 5.47. The molecule has 0 unspecified atom stereocenters. The number of halogens is 2. The van der Waals surface area contributed by atoms with E-state index in [1.807, 2.05) is 38.1 Å². The Morgan fingerprint density at radius 3 is 2.62 bits per heavy atom. The summed E-state index contributed by atoms with van der Waals surface area (Å²) in [6.45, 7) is 3.51. The molecule has 3 aromatic rings. The second-order valence-electron chi connectivity index (χ2n) is 8.27. The van der Waals surface area contributed by atoms with Gasteiger partial charge in [0.2, 0.25) is 0 Å². The molecule has 0 radical (unpaired) electrons. The minimum Gasteiger partial charge on any atom is -0.460 e. The number of aliphatic hydroxyl groups is 1. The number of rotatable bonds is 4. The van der Waals surface area contributed by atoms with Crippen LogP contribution in [-0.2, 0) is 14.9 Å². The van der Waals surface area contributed by atoms with Crippen molar-refractivity contribution < 1.29 is 28.2 Å². The molecule has 166 valence electrons. The normalized spacial score (nSPS) is 15.2. The molecular weight excluding hydrogens is 418 g/mol. The molecule has 1 aliphatic heterocycles. The van der Waals surface area contributed by atoms with Crippen molar-refractivity contribution in [2.45, 2.75) is 19.3 Å². The first-order chi connectivity index (χ1) is 15.2. The van der Waals surface area contributed by atoms with Gasteiger partial charge in [-0.25, -0.2) is 13.6 Å². The summed E-state index contributed by atoms with van der Waals surface area (Å²) in [6.07, 6.45) is 1.37. The lowest BCUT2D eigenvalue weighted by Crippen LogP contribution is -2.37. The maximum absolute atomic E-state index is 13.8. The molecule has 0 fully saturated rings. The van der Waals surface area contributed by atoms with Gasteiger partial charge >= 0.3 is 5.97 Å². The van der Waals surface area contributed by atoms with Crippen LogP contribution in [-0.4, -0.2) is 46.6 Å². The fraction of sp³-hybridized carbons (Fsp3) is 0.250. The number of hydrogen-bond acceptors (Lipinski definition) is 4. The van der Waals surface area contributed by atoms with Gasteiger partial charge in [-0.1, -0.05) is 32.0 Å². The predicted molar refractivity (Wildman–Crippen MR) is 115 cm³/mol. The van der Waals surface area contributed by atoms with Crippen molar-refractivity contribution >= 4 is 28.4 Å². The lowest BCUT2D eigenvalue weighted by Gasteiger charge is -2.29. The average molecular weight is 440 g/mol. The molecule has 0 bridgehead atoms. The van der Waals surface area contributed by atoms with Crippen LogP contribution in [0.25, 0.3) is 16.5 Å². The molecule has 4 rings (SSSR count). The van der Waals surface area contributed by atoms with Crippen LogP contribution in [0.2, 0.25) is 0 Å². The molecule has 0 saturated carbocycles. The number of aromatic amines is 1. The van der Waals surface area contributed by atoms with Crippen LogP contribution in [0.5, 0.6) is 0 Å². The maximum atomic E-state index is 13.8. The van der Waals surface area contributed by atoms with Crippen LogP contribution in [0, 0.1) is 11.6 Å². The Morgan fingerprint density at radius 2 is 1.91 bits per heavy atom. The highest BCUT2D eigenvalue weighted by Crippen LogP contribution is 2.40. The van der Waals surface area contributed by atoms with Crippen molar-refractivity contribution in [2.24, 2.45) is 0 Å². The zero-order chi connectivity index (χ0) is 23.0. The zero-order valence-corrected chi connectivity index (χ0v) is 17.6. The number of H-pyrrole nitrogens is 1. The Morgan fingerprint density at radius 1 is 1.16 bits per heavy atom. The smallest absolute Gasteiger partial charge is 0.341 e. The van der Waals surface area contributed by atoms with Gasteiger partial charge in [0, 0.05) is 34.6 Å². The fourth-order valence-corrected chi connectivity index (χ4v) is 4.11. The standard InChI is InChI=1S/C24H22F2N2O4/c1-24(2)13-28(22(30)14-7-8-17(25)18(26)11-14)12-16(23(31)32-10-9-29)21-20(24)15-5-3-4-6-19(15)27-21/h3-8,11-12,27,29H,9-10,13H2,1-2H3. The summed E-state index contributed by atoms with van der Waals surface area (Å²) in [4.78, 5) is 30.7. The number of carbonyl (C=O) groups is 2. The van der Waals surface area contributed by atoms with Crippen molar-refractivity contribution in [1.82, 2.24) is 9.88 Å². The van der Waals surface area contributed by atoms with Crippen molar-refractivity contribution in [3.63, 3.8) is 0 Å². The van der Waals surface area contributed by atoms with Crippen LogP contribution in [0.4, 0.5) is 8.78 Å². The number of carbonyl (C=O) groups excluding carboxylic acids is 2. The first-order valence-corrected chi connectivity index (χ1v) is 10.1. The lowest BCUT2D eigenvalue weighted by atomic mass is 9.81. The number of ether oxygens (including phenoxy) is 1. The van der Waals surface area contributed by atoms with E-state index in [1.54, 1.807) is 0 Å². The first kappa shape index (κ1) is 21.7. The monoisotopic (exact) mass is 440 g/mol. The number of aromatic nitrogens is 1. The van der Waals surface area contributed by atoms with Crippen LogP contribution in [0.15, 0.2) is 48.7 Å². The van der Waals surface area contributed by atoms with E-state index in [2.05, 4.69) is 4.98 Å². The number of nitrogens with one attached hydrogen (secondary N) is 1. The molecule has 1 aliphatic rings. The summed E-state index contributed by atoms with van der Waals surface area (Å²) >= 11 is 0. The number of esters is 1. The van der Waals surface area contributed by atoms with Crippen molar-refractivity contribution in [3.8, 4) is 0 Å². The van der Waals surface area contributed by atoms with Crippen LogP contribution in [0.1, 0.15) is 35.5 Å². The van der Waals surface area contributed by atoms with Crippen molar-refractivity contribution in [3.05, 3.63) is 77.1 Å². The SMILES string of the molecule is CC1(C)CN(C(=O)c2ccc(F)c(F)c2)C=C(C(=O)OCCO)c2[nH]c3ccccc3c21. The molecule has 2 N–H and O–H groups in total. The average Bonchev–Trinajstić information content (AvgIpc) is 3.11. The minimum absolute atomic E-state index is 0.0468. The number of nitrogens with zero attached hydrogens (tertiary/aromatic N) is 1. The largest absolute Gasteiger partial charge is 0.460 e. The summed E-state index contributed by atoms with van der Waals surface area (Å²) in [6, 6.07) is 10.5. The molecule has 32 heavy (non-hydrogen) atoms. The van der Waals surface area contributed by atoms with E-state index in [4.69, 9.17) is 9.84 Å². The fourth-order valence-electron chi connectivity index (χ4n) is 4.11. The van der Waals surface area contributed by atoms with E-state index in [1.165, 1.54) is 17.2 Å². The quantitative estimate of drug-likeness (QED) is 0.606. The number of fused-ring (bicyclic) bond motifs is 3. The van der Waals surface area contributed by atoms with Crippen LogP contribution in [0.3, 0.4) is 0 Å². The zero-order valence-electron chi connectivity index (χ0n) is 17.6. The Bertz CT molecular complexity index is 1250. The highest BCUT2D eigenvalue weighted by molar-refractivity contribution is 6.18. The van der Waals surface area contributed by atoms with Gasteiger partial charge in [-0.2, -0.15) is 0 Å². The molecule has 6 nitrogen and oxygen atoms in total. The number of hydrogen-bond donors (Lipinski definition) is 2. The molecular formula is C24H22F2N2O4. The summed E-state index contributed by atoms with van der Waals surface area (Å²) in [5.41, 5.74) is 1.62. The van der Waals surface area contributed by atoms with Gasteiger partial charge in [0.15, 0.2) is 11.6 Å². The summed E-state index contributed by atoms with van der Waals surface area (Å²) in [5, 5.41) is 9.96. The van der Waals surface area contributed by atoms with E-state index in [-0.39, 0.29) is 30.9 Å². The van der Waals surface area contributed by atoms with Gasteiger partial charge in [-0.15, -0.1) is 0 Å². The molecule has 2 heterocycles. The third-order valence-corrected chi connectivity index (χ3v) is 5.47. The van der Waals surface area contributed by atoms with E-state index < -0.39 is 28.9 Å². The first-order valence-electron chi connectivity index (χ1n) is 10.1. The highest BCUT2D eigenvalue weighted by atomic mass is 19.2. The Kier molecular flexibility index (Phi) is 5.56. The molecule has 8 heteroatoms. The van der Waals surface area contributed by atoms with E-state index >= 15 is 0 Å². The Balaban J connectivity index is 1.87. The molecule has 2 aromatic carbocycles. The Labute approximate surface area is 183 Å². The molecule has 0 spiro atoms. The number of aliphatic hydroxyl groups excluding tert-OH is 1. The topological polar surface area (TPSA) is 82.6 Å². The van der Waals surface area contributed by atoms with Crippen molar-refractivity contribution in [2.75, 3.05) is 19.8 Å². The molecule has 0 atom stereocenters. The third kappa shape index (κ3) is 3.78. The van der Waals surface area contributed by atoms with Crippen LogP contribution < -0.4 is 0 Å². The predicted octanol–water partition coefficient (Wildman–Crippen LogP) is 3.76. The van der Waals surface area contributed by atoms with Gasteiger partial charge in [0.1, 0.15) is 6.61 Å². The molecule has 1 amide bonds. The van der Waals surface area contributed by atoms with Gasteiger partial charge in [-0.3, -0.25) is 4.79 Å². The number of benzene rings is 2. The maximum Gasteiger partial charge on any atom is 0.341 e. The molecule has 0 saturated heterocycles. The van der Waals surface area contributed by atoms with Gasteiger partial charge in [-0.05, 0) is 29.8 Å².